The lowest BCUT2D eigenvalue weighted by molar-refractivity contribution is -0.152. The number of hydrogen-bond acceptors (Lipinski definition) is 11. The molecular weight excluding hydrogens is 572 g/mol. The fourth-order valence-electron chi connectivity index (χ4n) is 7.92. The van der Waals surface area contributed by atoms with Crippen molar-refractivity contribution in [2.75, 3.05) is 26.2 Å². The summed E-state index contributed by atoms with van der Waals surface area (Å²) in [6.45, 7) is 6.89. The van der Waals surface area contributed by atoms with Crippen molar-refractivity contribution in [1.82, 2.24) is 15.1 Å². The molecule has 11 nitrogen and oxygen atoms in total. The van der Waals surface area contributed by atoms with Gasteiger partial charge in [0.05, 0.1) is 23.4 Å². The Morgan fingerprint density at radius 2 is 1.81 bits per heavy atom. The number of fused-ring (bicyclic) bond motifs is 10. The molecule has 43 heavy (non-hydrogen) atoms. The van der Waals surface area contributed by atoms with E-state index in [0.29, 0.717) is 34.6 Å². The zero-order valence-electron chi connectivity index (χ0n) is 24.6. The van der Waals surface area contributed by atoms with E-state index in [1.165, 1.54) is 18.7 Å². The second-order valence-electron chi connectivity index (χ2n) is 12.2. The Labute approximate surface area is 253 Å². The molecule has 4 bridgehead atoms. The number of aromatic hydroxyl groups is 2. The number of nitriles is 1. The molecule has 0 radical (unpaired) electrons. The summed E-state index contributed by atoms with van der Waals surface area (Å²) in [5, 5.41) is 36.5. The Bertz CT molecular complexity index is 1620. The van der Waals surface area contributed by atoms with E-state index in [1.54, 1.807) is 6.92 Å². The second kappa shape index (κ2) is 9.94. The molecule has 7 atom stereocenters. The number of carbonyl (C=O) groups is 2. The maximum atomic E-state index is 13.3. The number of amides is 1. The van der Waals surface area contributed by atoms with Gasteiger partial charge in [-0.1, -0.05) is 6.07 Å². The van der Waals surface area contributed by atoms with Gasteiger partial charge in [0.25, 0.3) is 0 Å². The van der Waals surface area contributed by atoms with E-state index in [1.807, 2.05) is 20.9 Å². The summed E-state index contributed by atoms with van der Waals surface area (Å²) in [5.41, 5.74) is 5.49. The smallest absolute Gasteiger partial charge is 0.329 e. The van der Waals surface area contributed by atoms with Crippen LogP contribution in [-0.2, 0) is 20.7 Å². The van der Waals surface area contributed by atoms with Gasteiger partial charge in [-0.2, -0.15) is 5.26 Å². The first-order valence-corrected chi connectivity index (χ1v) is 15.5. The van der Waals surface area contributed by atoms with Gasteiger partial charge in [-0.05, 0) is 50.9 Å². The van der Waals surface area contributed by atoms with Gasteiger partial charge in [-0.25, -0.2) is 4.79 Å². The van der Waals surface area contributed by atoms with E-state index in [2.05, 4.69) is 27.3 Å². The summed E-state index contributed by atoms with van der Waals surface area (Å²) in [5.74, 6) is 0.513. The van der Waals surface area contributed by atoms with Gasteiger partial charge in [0.1, 0.15) is 30.2 Å². The Kier molecular flexibility index (Phi) is 6.50. The molecule has 0 saturated carbocycles. The van der Waals surface area contributed by atoms with Crippen molar-refractivity contribution in [3.8, 4) is 29.1 Å². The van der Waals surface area contributed by atoms with E-state index < -0.39 is 35.4 Å². The summed E-state index contributed by atoms with van der Waals surface area (Å²) in [6, 6.07) is 1.59. The highest BCUT2D eigenvalue weighted by atomic mass is 32.2. The quantitative estimate of drug-likeness (QED) is 0.412. The van der Waals surface area contributed by atoms with Crippen molar-refractivity contribution in [1.29, 1.82) is 5.26 Å². The Hall–Kier alpha value is -3.66. The largest absolute Gasteiger partial charge is 0.507 e. The minimum Gasteiger partial charge on any atom is -0.507 e. The number of aryl methyl sites for hydroxylation is 1. The van der Waals surface area contributed by atoms with E-state index in [-0.39, 0.29) is 48.6 Å². The monoisotopic (exact) mass is 606 g/mol. The van der Waals surface area contributed by atoms with Crippen LogP contribution >= 0.6 is 11.8 Å². The molecule has 6 aliphatic rings. The van der Waals surface area contributed by atoms with Crippen LogP contribution in [0.1, 0.15) is 63.2 Å². The first-order chi connectivity index (χ1) is 20.5. The van der Waals surface area contributed by atoms with Gasteiger partial charge in [0, 0.05) is 47.0 Å². The first kappa shape index (κ1) is 28.1. The molecule has 6 heterocycles. The molecule has 2 fully saturated rings. The molecular formula is C31H34N4O7S. The molecule has 12 heteroatoms. The van der Waals surface area contributed by atoms with Crippen LogP contribution in [0, 0.1) is 32.1 Å². The lowest BCUT2D eigenvalue weighted by Gasteiger charge is -2.61. The number of thioether (sulfide) groups is 1. The third-order valence-corrected chi connectivity index (χ3v) is 11.4. The minimum atomic E-state index is -0.895. The summed E-state index contributed by atoms with van der Waals surface area (Å²) < 4.78 is 17.7. The van der Waals surface area contributed by atoms with Crippen molar-refractivity contribution in [2.24, 2.45) is 0 Å². The number of nitrogens with zero attached hydrogens (tertiary/aromatic N) is 3. The predicted molar refractivity (Wildman–Crippen MR) is 156 cm³/mol. The highest BCUT2D eigenvalue weighted by Gasteiger charge is 2.60. The number of nitrogens with one attached hydrogen (secondary N) is 1. The predicted octanol–water partition coefficient (Wildman–Crippen LogP) is 2.82. The molecule has 0 spiro atoms. The lowest BCUT2D eigenvalue weighted by Crippen LogP contribution is -2.69. The van der Waals surface area contributed by atoms with Crippen LogP contribution in [0.15, 0.2) is 6.07 Å². The van der Waals surface area contributed by atoms with Crippen molar-refractivity contribution < 1.29 is 34.0 Å². The van der Waals surface area contributed by atoms with Gasteiger partial charge in [-0.3, -0.25) is 14.6 Å². The number of benzene rings is 2. The highest BCUT2D eigenvalue weighted by molar-refractivity contribution is 7.99. The van der Waals surface area contributed by atoms with Crippen LogP contribution in [0.25, 0.3) is 0 Å². The van der Waals surface area contributed by atoms with E-state index >= 15 is 0 Å². The number of phenolic OH excluding ortho intramolecular Hbond substituents is 2. The Balaban J connectivity index is 1.51. The number of carbonyl (C=O) groups excluding carboxylic acids is 2. The average molecular weight is 607 g/mol. The molecule has 1 unspecified atom stereocenters. The number of phenols is 2. The number of piperazine rings is 1. The molecule has 2 saturated heterocycles. The Morgan fingerprint density at radius 3 is 2.53 bits per heavy atom. The van der Waals surface area contributed by atoms with E-state index in [9.17, 15) is 25.1 Å². The summed E-state index contributed by atoms with van der Waals surface area (Å²) >= 11 is 1.42. The number of rotatable bonds is 1. The third kappa shape index (κ3) is 3.87. The van der Waals surface area contributed by atoms with Crippen LogP contribution in [0.5, 0.6) is 23.0 Å². The number of ether oxygens (including phenoxy) is 3. The van der Waals surface area contributed by atoms with E-state index in [0.717, 1.165) is 22.3 Å². The molecule has 226 valence electrons. The lowest BCUT2D eigenvalue weighted by atomic mass is 9.71. The molecule has 2 aromatic rings. The second-order valence-corrected chi connectivity index (χ2v) is 13.3. The van der Waals surface area contributed by atoms with Crippen molar-refractivity contribution >= 4 is 23.6 Å². The fraction of sp³-hybridized carbons (Fsp3) is 0.516. The maximum Gasteiger partial charge on any atom is 0.329 e. The molecule has 0 aliphatic carbocycles. The number of likely N-dealkylation sites (N-methyl/N-ethyl adjacent to an activating group) is 1. The van der Waals surface area contributed by atoms with Gasteiger partial charge in [-0.15, -0.1) is 11.8 Å². The summed E-state index contributed by atoms with van der Waals surface area (Å²) in [4.78, 5) is 29.6. The molecule has 3 N–H and O–H groups in total. The van der Waals surface area contributed by atoms with Gasteiger partial charge >= 0.3 is 5.97 Å². The minimum absolute atomic E-state index is 0.0139. The summed E-state index contributed by atoms with van der Waals surface area (Å²) in [6.07, 6.45) is 0.567. The van der Waals surface area contributed by atoms with Crippen molar-refractivity contribution in [3.63, 3.8) is 0 Å². The zero-order valence-corrected chi connectivity index (χ0v) is 25.4. The van der Waals surface area contributed by atoms with Crippen LogP contribution < -0.4 is 14.8 Å². The van der Waals surface area contributed by atoms with E-state index in [4.69, 9.17) is 14.2 Å². The van der Waals surface area contributed by atoms with Crippen LogP contribution in [0.2, 0.25) is 0 Å². The third-order valence-electron chi connectivity index (χ3n) is 9.99. The Morgan fingerprint density at radius 1 is 1.09 bits per heavy atom. The summed E-state index contributed by atoms with van der Waals surface area (Å²) in [7, 11) is 2.00. The van der Waals surface area contributed by atoms with Gasteiger partial charge in [0.15, 0.2) is 11.5 Å². The first-order valence-electron chi connectivity index (χ1n) is 14.5. The normalized spacial score (nSPS) is 30.9. The molecule has 8 rings (SSSR count). The fourth-order valence-corrected chi connectivity index (χ4v) is 9.43. The van der Waals surface area contributed by atoms with Crippen LogP contribution in [0.3, 0.4) is 0 Å². The molecule has 6 aliphatic heterocycles. The molecule has 2 aromatic carbocycles. The number of esters is 1. The molecule has 0 aromatic heterocycles. The topological polar surface area (TPSA) is 145 Å². The standard InChI is InChI=1S/C31H34N4O7S/c1-12-6-16-7-18-19(8-32)35-20-9-40-31(39)17(33-15(4)36)10-43-30(25(35)24(34(18)5)21(16)26(37)13(12)2)23-22(20)29-28(41-11-42-29)14(3)27(23)38/h6,17-20,24-25,30,37-38H,7,9-11H2,1-5H3,(H,33,36)/t17-,18-,19-,20-,24+,25?,30+/m0/s1. The SMILES string of the molecule is CC(=O)N[C@H]1CS[C@@H]2c3c(O)c(C)c4c(c3[C@H](COC1=O)N1C2[C@H]2c3c(cc(C)c(C)c3O)C[C@@H]([C@@H]1C#N)N2C)OCO4. The van der Waals surface area contributed by atoms with Gasteiger partial charge in [0.2, 0.25) is 12.7 Å². The van der Waals surface area contributed by atoms with Crippen molar-refractivity contribution in [2.45, 2.75) is 75.6 Å². The van der Waals surface area contributed by atoms with Crippen molar-refractivity contribution in [3.05, 3.63) is 45.0 Å². The van der Waals surface area contributed by atoms with Crippen LogP contribution in [-0.4, -0.2) is 82.3 Å². The van der Waals surface area contributed by atoms with Crippen LogP contribution in [0.4, 0.5) is 0 Å². The maximum absolute atomic E-state index is 13.3. The average Bonchev–Trinajstić information content (AvgIpc) is 3.46. The highest BCUT2D eigenvalue weighted by Crippen LogP contribution is 2.63. The van der Waals surface area contributed by atoms with Gasteiger partial charge < -0.3 is 29.7 Å². The molecule has 1 amide bonds. The number of hydrogen-bond donors (Lipinski definition) is 3. The zero-order chi connectivity index (χ0) is 30.5.